The summed E-state index contributed by atoms with van der Waals surface area (Å²) in [6, 6.07) is 30.8. The van der Waals surface area contributed by atoms with Gasteiger partial charge in [0.25, 0.3) is 0 Å². The van der Waals surface area contributed by atoms with E-state index in [0.717, 1.165) is 29.5 Å². The topological polar surface area (TPSA) is 46.2 Å². The molecule has 0 spiro atoms. The Labute approximate surface area is 227 Å². The molecule has 38 heavy (non-hydrogen) atoms. The minimum atomic E-state index is -0.333. The average Bonchev–Trinajstić information content (AvgIpc) is 2.98. The third-order valence-electron chi connectivity index (χ3n) is 7.37. The molecule has 2 aliphatic rings. The second-order valence-electron chi connectivity index (χ2n) is 10.3. The molecular formula is C33H40O5. The van der Waals surface area contributed by atoms with Crippen molar-refractivity contribution in [2.75, 3.05) is 6.61 Å². The highest BCUT2D eigenvalue weighted by Crippen LogP contribution is 2.31. The predicted octanol–water partition coefficient (Wildman–Crippen LogP) is 6.84. The fraction of sp³-hybridized carbons (Fsp3) is 0.455. The second kappa shape index (κ2) is 14.6. The number of ether oxygens (including phenoxy) is 5. The van der Waals surface area contributed by atoms with Crippen LogP contribution in [0.15, 0.2) is 91.0 Å². The van der Waals surface area contributed by atoms with Crippen molar-refractivity contribution >= 4 is 0 Å². The lowest BCUT2D eigenvalue weighted by Crippen LogP contribution is -2.53. The summed E-state index contributed by atoms with van der Waals surface area (Å²) in [5, 5.41) is 0. The van der Waals surface area contributed by atoms with Gasteiger partial charge in [0.15, 0.2) is 6.29 Å². The van der Waals surface area contributed by atoms with E-state index in [4.69, 9.17) is 23.7 Å². The molecule has 5 nitrogen and oxygen atoms in total. The molecule has 0 N–H and O–H groups in total. The molecule has 3 aromatic carbocycles. The lowest BCUT2D eigenvalue weighted by Gasteiger charge is -2.42. The normalized spacial score (nSPS) is 24.3. The molecule has 1 aliphatic carbocycles. The summed E-state index contributed by atoms with van der Waals surface area (Å²) in [5.74, 6) is 0. The maximum Gasteiger partial charge on any atom is 0.161 e. The average molecular weight is 517 g/mol. The fourth-order valence-electron chi connectivity index (χ4n) is 5.32. The van der Waals surface area contributed by atoms with E-state index < -0.39 is 0 Å². The summed E-state index contributed by atoms with van der Waals surface area (Å²) in [6.45, 7) is 1.94. The molecule has 202 valence electrons. The summed E-state index contributed by atoms with van der Waals surface area (Å²) in [5.41, 5.74) is 3.40. The van der Waals surface area contributed by atoms with Gasteiger partial charge in [0.2, 0.25) is 0 Å². The summed E-state index contributed by atoms with van der Waals surface area (Å²) >= 11 is 0. The van der Waals surface area contributed by atoms with E-state index in [-0.39, 0.29) is 30.7 Å². The molecule has 0 bridgehead atoms. The van der Waals surface area contributed by atoms with Crippen molar-refractivity contribution in [1.29, 1.82) is 0 Å². The molecule has 2 fully saturated rings. The minimum Gasteiger partial charge on any atom is -0.374 e. The van der Waals surface area contributed by atoms with Gasteiger partial charge in [-0.15, -0.1) is 0 Å². The van der Waals surface area contributed by atoms with Crippen LogP contribution >= 0.6 is 0 Å². The van der Waals surface area contributed by atoms with E-state index in [0.29, 0.717) is 32.8 Å². The lowest BCUT2D eigenvalue weighted by atomic mass is 9.97. The molecular weight excluding hydrogens is 476 g/mol. The zero-order valence-corrected chi connectivity index (χ0v) is 22.2. The van der Waals surface area contributed by atoms with Gasteiger partial charge in [-0.3, -0.25) is 0 Å². The van der Waals surface area contributed by atoms with Gasteiger partial charge < -0.3 is 23.7 Å². The summed E-state index contributed by atoms with van der Waals surface area (Å²) in [6.07, 6.45) is 5.72. The first kappa shape index (κ1) is 27.0. The maximum atomic E-state index is 6.56. The Hall–Kier alpha value is -2.54. The van der Waals surface area contributed by atoms with Crippen LogP contribution in [0.1, 0.15) is 55.2 Å². The zero-order chi connectivity index (χ0) is 25.8. The highest BCUT2D eigenvalue weighted by molar-refractivity contribution is 5.15. The van der Waals surface area contributed by atoms with Gasteiger partial charge in [0, 0.05) is 6.42 Å². The van der Waals surface area contributed by atoms with E-state index in [9.17, 15) is 0 Å². The van der Waals surface area contributed by atoms with Crippen molar-refractivity contribution in [2.45, 2.75) is 89.1 Å². The molecule has 0 aromatic heterocycles. The molecule has 3 aromatic rings. The van der Waals surface area contributed by atoms with Gasteiger partial charge in [-0.1, -0.05) is 110 Å². The first-order valence-corrected chi connectivity index (χ1v) is 14.1. The van der Waals surface area contributed by atoms with E-state index in [1.165, 1.54) is 19.3 Å². The molecule has 0 radical (unpaired) electrons. The van der Waals surface area contributed by atoms with Gasteiger partial charge in [-0.05, 0) is 29.5 Å². The van der Waals surface area contributed by atoms with Crippen molar-refractivity contribution in [1.82, 2.24) is 0 Å². The maximum absolute atomic E-state index is 6.56. The molecule has 0 amide bonds. The van der Waals surface area contributed by atoms with Gasteiger partial charge in [0.05, 0.1) is 38.6 Å². The Bertz CT molecular complexity index is 1040. The van der Waals surface area contributed by atoms with Crippen LogP contribution in [-0.2, 0) is 43.5 Å². The molecule has 4 atom stereocenters. The zero-order valence-electron chi connectivity index (χ0n) is 22.2. The molecule has 1 aliphatic heterocycles. The first-order valence-electron chi connectivity index (χ1n) is 14.1. The van der Waals surface area contributed by atoms with Gasteiger partial charge in [-0.2, -0.15) is 0 Å². The second-order valence-corrected chi connectivity index (χ2v) is 10.3. The Morgan fingerprint density at radius 3 is 1.79 bits per heavy atom. The van der Waals surface area contributed by atoms with Gasteiger partial charge in [0.1, 0.15) is 12.2 Å². The third kappa shape index (κ3) is 8.23. The number of benzene rings is 3. The van der Waals surface area contributed by atoms with Crippen LogP contribution in [0.2, 0.25) is 0 Å². The van der Waals surface area contributed by atoms with E-state index in [1.54, 1.807) is 0 Å². The van der Waals surface area contributed by atoms with Crippen LogP contribution in [0.3, 0.4) is 0 Å². The number of hydrogen-bond acceptors (Lipinski definition) is 5. The molecule has 1 saturated heterocycles. The standard InChI is InChI=1S/C33H40O5/c1-5-13-26(14-6-1)22-34-25-31-33(36-24-28-17-9-3-10-18-28)30(35-23-27-15-7-2-8-16-27)21-32(38-31)37-29-19-11-4-12-20-29/h1-3,5-10,13-18,29-33H,4,11-12,19-25H2/t30-,31-,32+,33+/m1/s1. The lowest BCUT2D eigenvalue weighted by molar-refractivity contribution is -0.289. The minimum absolute atomic E-state index is 0.174. The SMILES string of the molecule is c1ccc(COC[C@H]2O[C@H](OC3CCCCC3)C[C@@H](OCc3ccccc3)[C@@H]2OCc2ccccc2)cc1. The molecule has 5 heteroatoms. The van der Waals surface area contributed by atoms with Crippen LogP contribution in [0, 0.1) is 0 Å². The van der Waals surface area contributed by atoms with Crippen LogP contribution in [0.4, 0.5) is 0 Å². The molecule has 0 unspecified atom stereocenters. The molecule has 1 saturated carbocycles. The van der Waals surface area contributed by atoms with E-state index in [2.05, 4.69) is 36.4 Å². The first-order chi connectivity index (χ1) is 18.8. The van der Waals surface area contributed by atoms with E-state index in [1.807, 2.05) is 54.6 Å². The molecule has 1 heterocycles. The van der Waals surface area contributed by atoms with Crippen LogP contribution in [0.25, 0.3) is 0 Å². The number of rotatable bonds is 12. The Balaban J connectivity index is 1.30. The third-order valence-corrected chi connectivity index (χ3v) is 7.37. The van der Waals surface area contributed by atoms with Crippen molar-refractivity contribution < 1.29 is 23.7 Å². The highest BCUT2D eigenvalue weighted by Gasteiger charge is 2.42. The predicted molar refractivity (Wildman–Crippen MR) is 147 cm³/mol. The van der Waals surface area contributed by atoms with Crippen LogP contribution in [-0.4, -0.2) is 37.3 Å². The monoisotopic (exact) mass is 516 g/mol. The summed E-state index contributed by atoms with van der Waals surface area (Å²) in [7, 11) is 0. The van der Waals surface area contributed by atoms with E-state index >= 15 is 0 Å². The fourth-order valence-corrected chi connectivity index (χ4v) is 5.32. The summed E-state index contributed by atoms with van der Waals surface area (Å²) < 4.78 is 32.3. The van der Waals surface area contributed by atoms with Crippen LogP contribution in [0.5, 0.6) is 0 Å². The smallest absolute Gasteiger partial charge is 0.161 e. The summed E-state index contributed by atoms with van der Waals surface area (Å²) in [4.78, 5) is 0. The number of hydrogen-bond donors (Lipinski definition) is 0. The largest absolute Gasteiger partial charge is 0.374 e. The van der Waals surface area contributed by atoms with Crippen molar-refractivity contribution in [3.63, 3.8) is 0 Å². The Kier molecular flexibility index (Phi) is 10.4. The van der Waals surface area contributed by atoms with Crippen LogP contribution < -0.4 is 0 Å². The Morgan fingerprint density at radius 2 is 1.18 bits per heavy atom. The molecule has 5 rings (SSSR count). The van der Waals surface area contributed by atoms with Crippen molar-refractivity contribution in [2.24, 2.45) is 0 Å². The van der Waals surface area contributed by atoms with Crippen molar-refractivity contribution in [3.05, 3.63) is 108 Å². The highest BCUT2D eigenvalue weighted by atomic mass is 16.7. The van der Waals surface area contributed by atoms with Crippen molar-refractivity contribution in [3.8, 4) is 0 Å². The quantitative estimate of drug-likeness (QED) is 0.264. The Morgan fingerprint density at radius 1 is 0.632 bits per heavy atom. The van der Waals surface area contributed by atoms with Gasteiger partial charge in [-0.25, -0.2) is 0 Å². The van der Waals surface area contributed by atoms with Gasteiger partial charge >= 0.3 is 0 Å².